The lowest BCUT2D eigenvalue weighted by molar-refractivity contribution is -0.129. The van der Waals surface area contributed by atoms with E-state index in [2.05, 4.69) is 96.3 Å². The van der Waals surface area contributed by atoms with E-state index in [1.807, 2.05) is 34.6 Å². The Morgan fingerprint density at radius 3 is 1.62 bits per heavy atom. The molecular weight excluding hydrogens is 515 g/mol. The molecule has 0 heterocycles. The van der Waals surface area contributed by atoms with Crippen molar-refractivity contribution in [3.8, 4) is 0 Å². The van der Waals surface area contributed by atoms with Crippen molar-refractivity contribution in [2.75, 3.05) is 26.3 Å². The summed E-state index contributed by atoms with van der Waals surface area (Å²) in [5.74, 6) is 0.0142. The zero-order valence-electron chi connectivity index (χ0n) is 25.0. The molecule has 0 saturated carbocycles. The fraction of sp³-hybridized carbons (Fsp3) is 0.412. The lowest BCUT2D eigenvalue weighted by Gasteiger charge is -2.29. The van der Waals surface area contributed by atoms with Gasteiger partial charge in [-0.3, -0.25) is 4.79 Å². The lowest BCUT2D eigenvalue weighted by atomic mass is 9.88. The van der Waals surface area contributed by atoms with Crippen LogP contribution in [0.15, 0.2) is 91.0 Å². The molecule has 1 N–H and O–H groups in total. The molecule has 0 bridgehead atoms. The molecule has 6 heteroatoms. The number of hydrogen-bond acceptors (Lipinski definition) is 3. The third-order valence-corrected chi connectivity index (χ3v) is 11.7. The maximum Gasteiger partial charge on any atom is 0.410 e. The Bertz CT molecular complexity index is 1110. The number of nitrogens with one attached hydrogen (secondary N) is 1. The molecule has 214 valence electrons. The number of nitrogens with zero attached hydrogens (tertiary/aromatic N) is 1. The van der Waals surface area contributed by atoms with E-state index in [-0.39, 0.29) is 12.0 Å². The van der Waals surface area contributed by atoms with Crippen LogP contribution in [-0.2, 0) is 9.53 Å². The average Bonchev–Trinajstić information content (AvgIpc) is 2.94. The molecule has 0 aliphatic heterocycles. The summed E-state index contributed by atoms with van der Waals surface area (Å²) in [5, 5.41) is 7.30. The van der Waals surface area contributed by atoms with Crippen LogP contribution < -0.4 is 21.2 Å². The summed E-state index contributed by atoms with van der Waals surface area (Å²) >= 11 is 0. The minimum Gasteiger partial charge on any atom is -0.444 e. The number of ether oxygens (including phenoxy) is 1. The van der Waals surface area contributed by atoms with Crippen LogP contribution in [-0.4, -0.2) is 48.8 Å². The van der Waals surface area contributed by atoms with Crippen molar-refractivity contribution >= 4 is 35.2 Å². The van der Waals surface area contributed by atoms with Gasteiger partial charge in [-0.05, 0) is 76.4 Å². The average molecular weight is 562 g/mol. The Hall–Kier alpha value is -3.17. The Labute approximate surface area is 241 Å². The summed E-state index contributed by atoms with van der Waals surface area (Å²) < 4.78 is 5.43. The summed E-state index contributed by atoms with van der Waals surface area (Å²) in [6.07, 6.45) is 3.11. The van der Waals surface area contributed by atoms with Gasteiger partial charge in [0.25, 0.3) is 0 Å². The normalized spacial score (nSPS) is 12.1. The lowest BCUT2D eigenvalue weighted by Crippen LogP contribution is -2.41. The standard InChI is InChI=1S/C34H45N2O3P/c1-33(2,3)39-32(38)36(6)26-24-34(4,5)31(37)35-25-16-17-27-40(28-18-10-7-11-19-28,29-20-12-8-13-21-29)30-22-14-9-15-23-30/h7-15,18-23H,16-17,24-27H2,1-6H3/p+1. The van der Waals surface area contributed by atoms with E-state index in [9.17, 15) is 9.59 Å². The summed E-state index contributed by atoms with van der Waals surface area (Å²) in [7, 11) is -0.146. The van der Waals surface area contributed by atoms with Gasteiger partial charge in [-0.2, -0.15) is 0 Å². The topological polar surface area (TPSA) is 58.6 Å². The summed E-state index contributed by atoms with van der Waals surface area (Å²) in [5.41, 5.74) is -1.13. The highest BCUT2D eigenvalue weighted by atomic mass is 31.2. The Balaban J connectivity index is 1.63. The molecule has 2 amide bonds. The van der Waals surface area contributed by atoms with Crippen molar-refractivity contribution < 1.29 is 14.3 Å². The molecule has 0 atom stereocenters. The largest absolute Gasteiger partial charge is 0.444 e. The third kappa shape index (κ3) is 8.41. The zero-order chi connectivity index (χ0) is 29.2. The molecule has 40 heavy (non-hydrogen) atoms. The predicted molar refractivity (Wildman–Crippen MR) is 170 cm³/mol. The smallest absolute Gasteiger partial charge is 0.410 e. The Kier molecular flexibility index (Phi) is 10.9. The number of amides is 2. The van der Waals surface area contributed by atoms with Crippen molar-refractivity contribution in [3.05, 3.63) is 91.0 Å². The molecule has 3 aromatic carbocycles. The molecule has 0 unspecified atom stereocenters. The summed E-state index contributed by atoms with van der Waals surface area (Å²) in [6, 6.07) is 32.7. The van der Waals surface area contributed by atoms with Crippen LogP contribution in [0.5, 0.6) is 0 Å². The maximum absolute atomic E-state index is 13.1. The highest BCUT2D eigenvalue weighted by Crippen LogP contribution is 2.55. The molecule has 3 rings (SSSR count). The van der Waals surface area contributed by atoms with Gasteiger partial charge in [0.15, 0.2) is 0 Å². The molecule has 0 spiro atoms. The van der Waals surface area contributed by atoms with Gasteiger partial charge in [0.1, 0.15) is 28.8 Å². The van der Waals surface area contributed by atoms with E-state index in [4.69, 9.17) is 4.74 Å². The first-order valence-electron chi connectivity index (χ1n) is 14.2. The first-order chi connectivity index (χ1) is 19.0. The predicted octanol–water partition coefficient (Wildman–Crippen LogP) is 6.16. The van der Waals surface area contributed by atoms with Crippen LogP contribution >= 0.6 is 7.26 Å². The van der Waals surface area contributed by atoms with Crippen molar-refractivity contribution in [2.24, 2.45) is 5.41 Å². The van der Waals surface area contributed by atoms with Crippen LogP contribution in [0.4, 0.5) is 4.79 Å². The van der Waals surface area contributed by atoms with Crippen molar-refractivity contribution in [1.29, 1.82) is 0 Å². The van der Waals surface area contributed by atoms with Crippen LogP contribution in [0.2, 0.25) is 0 Å². The van der Waals surface area contributed by atoms with Crippen LogP contribution in [0, 0.1) is 5.41 Å². The fourth-order valence-corrected chi connectivity index (χ4v) is 9.20. The third-order valence-electron chi connectivity index (χ3n) is 7.19. The van der Waals surface area contributed by atoms with Crippen LogP contribution in [0.3, 0.4) is 0 Å². The zero-order valence-corrected chi connectivity index (χ0v) is 25.9. The first kappa shape index (κ1) is 31.4. The van der Waals surface area contributed by atoms with Gasteiger partial charge in [0, 0.05) is 25.6 Å². The second-order valence-electron chi connectivity index (χ2n) is 12.0. The minimum atomic E-state index is -1.86. The number of benzene rings is 3. The number of carbonyl (C=O) groups excluding carboxylic acids is 2. The van der Waals surface area contributed by atoms with E-state index in [0.29, 0.717) is 19.5 Å². The van der Waals surface area contributed by atoms with Gasteiger partial charge in [-0.1, -0.05) is 68.4 Å². The van der Waals surface area contributed by atoms with Gasteiger partial charge in [0.05, 0.1) is 6.16 Å². The summed E-state index contributed by atoms with van der Waals surface area (Å²) in [6.45, 7) is 10.5. The number of carbonyl (C=O) groups is 2. The Morgan fingerprint density at radius 1 is 0.750 bits per heavy atom. The Morgan fingerprint density at radius 2 is 1.20 bits per heavy atom. The molecule has 5 nitrogen and oxygen atoms in total. The van der Waals surface area contributed by atoms with Gasteiger partial charge in [-0.15, -0.1) is 0 Å². The van der Waals surface area contributed by atoms with Gasteiger partial charge >= 0.3 is 6.09 Å². The van der Waals surface area contributed by atoms with E-state index < -0.39 is 18.3 Å². The molecule has 0 aliphatic rings. The molecular formula is C34H46N2O3P+. The molecule has 0 saturated heterocycles. The number of unbranched alkanes of at least 4 members (excludes halogenated alkanes) is 1. The van der Waals surface area contributed by atoms with Crippen molar-refractivity contribution in [2.45, 2.75) is 59.5 Å². The molecule has 0 radical (unpaired) electrons. The maximum atomic E-state index is 13.1. The van der Waals surface area contributed by atoms with E-state index in [1.54, 1.807) is 11.9 Å². The second kappa shape index (κ2) is 13.9. The second-order valence-corrected chi connectivity index (χ2v) is 15.7. The molecule has 0 aromatic heterocycles. The van der Waals surface area contributed by atoms with E-state index in [1.165, 1.54) is 15.9 Å². The fourth-order valence-electron chi connectivity index (χ4n) is 4.79. The SMILES string of the molecule is CN(CCC(C)(C)C(=O)NCCCC[P+](c1ccccc1)(c1ccccc1)c1ccccc1)C(=O)OC(C)(C)C. The van der Waals surface area contributed by atoms with E-state index in [0.717, 1.165) is 19.0 Å². The van der Waals surface area contributed by atoms with Crippen molar-refractivity contribution in [1.82, 2.24) is 10.2 Å². The molecule has 3 aromatic rings. The highest BCUT2D eigenvalue weighted by molar-refractivity contribution is 7.95. The van der Waals surface area contributed by atoms with Crippen LogP contribution in [0.25, 0.3) is 0 Å². The van der Waals surface area contributed by atoms with Crippen LogP contribution in [0.1, 0.15) is 53.9 Å². The number of hydrogen-bond donors (Lipinski definition) is 1. The monoisotopic (exact) mass is 561 g/mol. The molecule has 0 fully saturated rings. The quantitative estimate of drug-likeness (QED) is 0.213. The van der Waals surface area contributed by atoms with Gasteiger partial charge < -0.3 is 15.0 Å². The highest BCUT2D eigenvalue weighted by Gasteiger charge is 2.44. The summed E-state index contributed by atoms with van der Waals surface area (Å²) in [4.78, 5) is 26.9. The van der Waals surface area contributed by atoms with E-state index >= 15 is 0 Å². The van der Waals surface area contributed by atoms with Gasteiger partial charge in [0.2, 0.25) is 5.91 Å². The van der Waals surface area contributed by atoms with Crippen molar-refractivity contribution in [3.63, 3.8) is 0 Å². The minimum absolute atomic E-state index is 0.0142. The first-order valence-corrected chi connectivity index (χ1v) is 16.2. The molecule has 0 aliphatic carbocycles. The number of rotatable bonds is 12. The van der Waals surface area contributed by atoms with Gasteiger partial charge in [-0.25, -0.2) is 4.79 Å².